The number of hydrogen-bond donors (Lipinski definition) is 0. The number of ether oxygens (including phenoxy) is 2. The molecule has 0 fully saturated rings. The van der Waals surface area contributed by atoms with E-state index in [4.69, 9.17) is 9.47 Å². The van der Waals surface area contributed by atoms with Crippen LogP contribution in [0.25, 0.3) is 0 Å². The molecule has 3 nitrogen and oxygen atoms in total. The zero-order valence-corrected chi connectivity index (χ0v) is 8.47. The Morgan fingerprint density at radius 1 is 1.33 bits per heavy atom. The Bertz CT molecular complexity index is 366. The highest BCUT2D eigenvalue weighted by atomic mass is 16.5. The molecule has 0 heterocycles. The third-order valence-electron chi connectivity index (χ3n) is 1.66. The monoisotopic (exact) mass is 204 g/mol. The maximum atomic E-state index is 11.3. The summed E-state index contributed by atoms with van der Waals surface area (Å²) < 4.78 is 9.86. The Balaban J connectivity index is 2.64. The molecule has 0 N–H and O–H groups in total. The molecule has 15 heavy (non-hydrogen) atoms. The van der Waals surface area contributed by atoms with E-state index < -0.39 is 5.97 Å². The number of carbonyl (C=O) groups excluding carboxylic acids is 1. The van der Waals surface area contributed by atoms with Gasteiger partial charge in [-0.15, -0.1) is 0 Å². The third-order valence-corrected chi connectivity index (χ3v) is 1.66. The summed E-state index contributed by atoms with van der Waals surface area (Å²) in [5.41, 5.74) is 0. The van der Waals surface area contributed by atoms with Gasteiger partial charge in [0.25, 0.3) is 0 Å². The molecule has 1 rings (SSSR count). The summed E-state index contributed by atoms with van der Waals surface area (Å²) in [7, 11) is 1.46. The van der Waals surface area contributed by atoms with Crippen molar-refractivity contribution in [1.29, 1.82) is 0 Å². The molecule has 3 heteroatoms. The van der Waals surface area contributed by atoms with Crippen molar-refractivity contribution in [3.63, 3.8) is 0 Å². The minimum atomic E-state index is -0.488. The topological polar surface area (TPSA) is 35.5 Å². The van der Waals surface area contributed by atoms with Gasteiger partial charge in [-0.1, -0.05) is 24.8 Å². The molecule has 0 aromatic heterocycles. The van der Waals surface area contributed by atoms with E-state index in [0.29, 0.717) is 11.5 Å². The molecule has 0 aliphatic heterocycles. The second-order valence-corrected chi connectivity index (χ2v) is 2.69. The lowest BCUT2D eigenvalue weighted by molar-refractivity contribution is -0.129. The molecule has 0 atom stereocenters. The van der Waals surface area contributed by atoms with Crippen molar-refractivity contribution in [2.45, 2.75) is 0 Å². The van der Waals surface area contributed by atoms with Crippen LogP contribution in [-0.2, 0) is 9.53 Å². The largest absolute Gasteiger partial charge is 0.497 e. The summed E-state index contributed by atoms with van der Waals surface area (Å²) in [6, 6.07) is 8.82. The molecule has 0 radical (unpaired) electrons. The van der Waals surface area contributed by atoms with Crippen LogP contribution in [0.2, 0.25) is 0 Å². The van der Waals surface area contributed by atoms with Gasteiger partial charge in [0.15, 0.2) is 0 Å². The summed E-state index contributed by atoms with van der Waals surface area (Å²) in [4.78, 5) is 11.3. The van der Waals surface area contributed by atoms with Gasteiger partial charge < -0.3 is 9.47 Å². The standard InChI is InChI=1S/C12H12O3/c1-3-10(14-2)9-12(13)15-11-7-5-4-6-8-11/h3-9H,1H2,2H3/b10-9+. The maximum absolute atomic E-state index is 11.3. The van der Waals surface area contributed by atoms with Crippen molar-refractivity contribution < 1.29 is 14.3 Å². The Labute approximate surface area is 88.6 Å². The lowest BCUT2D eigenvalue weighted by Crippen LogP contribution is -2.05. The van der Waals surface area contributed by atoms with Crippen LogP contribution in [0.5, 0.6) is 5.75 Å². The molecule has 0 saturated carbocycles. The quantitative estimate of drug-likeness (QED) is 0.248. The van der Waals surface area contributed by atoms with Gasteiger partial charge in [-0.3, -0.25) is 0 Å². The number of hydrogen-bond acceptors (Lipinski definition) is 3. The Morgan fingerprint density at radius 2 is 2.00 bits per heavy atom. The van der Waals surface area contributed by atoms with Crippen molar-refractivity contribution in [3.05, 3.63) is 54.8 Å². The molecule has 0 aliphatic rings. The van der Waals surface area contributed by atoms with Gasteiger partial charge in [0, 0.05) is 0 Å². The lowest BCUT2D eigenvalue weighted by atomic mass is 10.3. The van der Waals surface area contributed by atoms with Crippen molar-refractivity contribution in [2.24, 2.45) is 0 Å². The van der Waals surface area contributed by atoms with E-state index in [9.17, 15) is 4.79 Å². The molecule has 0 aliphatic carbocycles. The van der Waals surface area contributed by atoms with Crippen molar-refractivity contribution >= 4 is 5.97 Å². The lowest BCUT2D eigenvalue weighted by Gasteiger charge is -2.01. The molecule has 0 saturated heterocycles. The average Bonchev–Trinajstić information content (AvgIpc) is 2.27. The highest BCUT2D eigenvalue weighted by Crippen LogP contribution is 2.09. The van der Waals surface area contributed by atoms with E-state index in [1.165, 1.54) is 19.3 Å². The SMILES string of the molecule is C=C/C(=C\C(=O)Oc1ccccc1)OC. The van der Waals surface area contributed by atoms with Gasteiger partial charge in [0.05, 0.1) is 13.2 Å². The first-order valence-corrected chi connectivity index (χ1v) is 4.41. The first-order valence-electron chi connectivity index (χ1n) is 4.41. The van der Waals surface area contributed by atoms with E-state index in [-0.39, 0.29) is 0 Å². The third kappa shape index (κ3) is 3.68. The average molecular weight is 204 g/mol. The summed E-state index contributed by atoms with van der Waals surface area (Å²) in [6.07, 6.45) is 2.67. The van der Waals surface area contributed by atoms with Crippen LogP contribution in [0.1, 0.15) is 0 Å². The second-order valence-electron chi connectivity index (χ2n) is 2.69. The predicted octanol–water partition coefficient (Wildman–Crippen LogP) is 2.31. The number of para-hydroxylation sites is 1. The highest BCUT2D eigenvalue weighted by Gasteiger charge is 2.01. The normalized spacial score (nSPS) is 10.6. The van der Waals surface area contributed by atoms with Gasteiger partial charge in [-0.2, -0.15) is 0 Å². The fourth-order valence-corrected chi connectivity index (χ4v) is 0.951. The Hall–Kier alpha value is -2.03. The van der Waals surface area contributed by atoms with Gasteiger partial charge in [-0.05, 0) is 18.2 Å². The molecular formula is C12H12O3. The number of rotatable bonds is 4. The first kappa shape index (κ1) is 11.0. The molecule has 1 aromatic carbocycles. The minimum Gasteiger partial charge on any atom is -0.497 e. The number of esters is 1. The number of benzene rings is 1. The van der Waals surface area contributed by atoms with E-state index >= 15 is 0 Å². The van der Waals surface area contributed by atoms with Gasteiger partial charge in [-0.25, -0.2) is 4.79 Å². The minimum absolute atomic E-state index is 0.371. The Morgan fingerprint density at radius 3 is 2.53 bits per heavy atom. The van der Waals surface area contributed by atoms with E-state index in [1.54, 1.807) is 24.3 Å². The fourth-order valence-electron chi connectivity index (χ4n) is 0.951. The molecule has 0 amide bonds. The molecule has 0 unspecified atom stereocenters. The van der Waals surface area contributed by atoms with Crippen molar-refractivity contribution in [3.8, 4) is 5.75 Å². The van der Waals surface area contributed by atoms with Crippen LogP contribution < -0.4 is 4.74 Å². The zero-order chi connectivity index (χ0) is 11.1. The molecule has 1 aromatic rings. The van der Waals surface area contributed by atoms with Crippen LogP contribution in [0.3, 0.4) is 0 Å². The van der Waals surface area contributed by atoms with Crippen LogP contribution >= 0.6 is 0 Å². The van der Waals surface area contributed by atoms with Crippen molar-refractivity contribution in [2.75, 3.05) is 7.11 Å². The van der Waals surface area contributed by atoms with Crippen molar-refractivity contribution in [1.82, 2.24) is 0 Å². The molecule has 0 bridgehead atoms. The zero-order valence-electron chi connectivity index (χ0n) is 8.47. The first-order chi connectivity index (χ1) is 7.26. The van der Waals surface area contributed by atoms with Gasteiger partial charge >= 0.3 is 5.97 Å². The number of allylic oxidation sites excluding steroid dienone is 1. The van der Waals surface area contributed by atoms with Crippen LogP contribution in [0.4, 0.5) is 0 Å². The van der Waals surface area contributed by atoms with E-state index in [1.807, 2.05) is 6.07 Å². The predicted molar refractivity (Wildman–Crippen MR) is 57.4 cm³/mol. The van der Waals surface area contributed by atoms with Gasteiger partial charge in [0.2, 0.25) is 0 Å². The summed E-state index contributed by atoms with van der Waals surface area (Å²) in [5.74, 6) is 0.382. The van der Waals surface area contributed by atoms with E-state index in [0.717, 1.165) is 0 Å². The van der Waals surface area contributed by atoms with Gasteiger partial charge in [0.1, 0.15) is 11.5 Å². The smallest absolute Gasteiger partial charge is 0.339 e. The van der Waals surface area contributed by atoms with Crippen LogP contribution in [0, 0.1) is 0 Å². The van der Waals surface area contributed by atoms with E-state index in [2.05, 4.69) is 6.58 Å². The highest BCUT2D eigenvalue weighted by molar-refractivity contribution is 5.84. The molecular weight excluding hydrogens is 192 g/mol. The number of carbonyl (C=O) groups is 1. The Kier molecular flexibility index (Phi) is 4.16. The molecule has 0 spiro atoms. The van der Waals surface area contributed by atoms with Crippen LogP contribution in [0.15, 0.2) is 54.8 Å². The molecule has 78 valence electrons. The number of methoxy groups -OCH3 is 1. The summed E-state index contributed by atoms with van der Waals surface area (Å²) in [5, 5.41) is 0. The summed E-state index contributed by atoms with van der Waals surface area (Å²) >= 11 is 0. The van der Waals surface area contributed by atoms with Crippen LogP contribution in [-0.4, -0.2) is 13.1 Å². The second kappa shape index (κ2) is 5.65. The summed E-state index contributed by atoms with van der Waals surface area (Å²) in [6.45, 7) is 3.49. The fraction of sp³-hybridized carbons (Fsp3) is 0.0833. The maximum Gasteiger partial charge on any atom is 0.339 e.